The molecule has 0 bridgehead atoms. The Morgan fingerprint density at radius 1 is 0.818 bits per heavy atom. The molecule has 0 radical (unpaired) electrons. The monoisotopic (exact) mass is 298 g/mol. The van der Waals surface area contributed by atoms with Crippen molar-refractivity contribution in [1.82, 2.24) is 0 Å². The summed E-state index contributed by atoms with van der Waals surface area (Å²) in [5, 5.41) is 9.96. The van der Waals surface area contributed by atoms with Crippen LogP contribution in [0.1, 0.15) is 37.2 Å². The maximum atomic E-state index is 9.96. The number of rotatable bonds is 3. The third-order valence-corrected chi connectivity index (χ3v) is 4.07. The van der Waals surface area contributed by atoms with Crippen LogP contribution in [0.25, 0.3) is 0 Å². The highest BCUT2D eigenvalue weighted by atomic mass is 16.7. The standard InChI is InChI=1S/C19H22O3/c1-19(2)21-17(14-9-5-3-6-10-14)16(13-20)18(22-19)15-11-7-4-8-12-15/h3-12,16-18,20H,13H2,1-2H3/t17-,18-/m1/s1. The van der Waals surface area contributed by atoms with Crippen molar-refractivity contribution in [2.75, 3.05) is 6.61 Å². The third-order valence-electron chi connectivity index (χ3n) is 4.07. The molecule has 2 aromatic rings. The van der Waals surface area contributed by atoms with Gasteiger partial charge in [0.1, 0.15) is 0 Å². The lowest BCUT2D eigenvalue weighted by atomic mass is 9.86. The van der Waals surface area contributed by atoms with E-state index < -0.39 is 5.79 Å². The van der Waals surface area contributed by atoms with Gasteiger partial charge < -0.3 is 14.6 Å². The number of aliphatic hydroxyl groups is 1. The molecule has 0 saturated carbocycles. The fourth-order valence-electron chi connectivity index (χ4n) is 3.08. The summed E-state index contributed by atoms with van der Waals surface area (Å²) in [4.78, 5) is 0. The molecule has 1 fully saturated rings. The summed E-state index contributed by atoms with van der Waals surface area (Å²) in [6, 6.07) is 20.1. The van der Waals surface area contributed by atoms with Crippen molar-refractivity contribution in [3.05, 3.63) is 71.8 Å². The first-order chi connectivity index (χ1) is 10.6. The highest BCUT2D eigenvalue weighted by molar-refractivity contribution is 5.24. The third kappa shape index (κ3) is 3.07. The molecule has 3 nitrogen and oxygen atoms in total. The van der Waals surface area contributed by atoms with Crippen LogP contribution in [-0.4, -0.2) is 17.5 Å². The van der Waals surface area contributed by atoms with Crippen molar-refractivity contribution in [1.29, 1.82) is 0 Å². The van der Waals surface area contributed by atoms with Crippen molar-refractivity contribution in [3.63, 3.8) is 0 Å². The number of hydrogen-bond donors (Lipinski definition) is 1. The first-order valence-electron chi connectivity index (χ1n) is 7.67. The lowest BCUT2D eigenvalue weighted by molar-refractivity contribution is -0.330. The molecule has 22 heavy (non-hydrogen) atoms. The molecule has 1 heterocycles. The Labute approximate surface area is 131 Å². The second kappa shape index (κ2) is 6.21. The van der Waals surface area contributed by atoms with Crippen molar-refractivity contribution in [2.24, 2.45) is 5.92 Å². The van der Waals surface area contributed by atoms with Crippen LogP contribution in [0.4, 0.5) is 0 Å². The first kappa shape index (κ1) is 15.2. The topological polar surface area (TPSA) is 38.7 Å². The quantitative estimate of drug-likeness (QED) is 0.935. The second-order valence-electron chi connectivity index (χ2n) is 6.14. The van der Waals surface area contributed by atoms with Crippen LogP contribution in [0.2, 0.25) is 0 Å². The Morgan fingerprint density at radius 2 is 1.23 bits per heavy atom. The lowest BCUT2D eigenvalue weighted by Crippen LogP contribution is -2.44. The largest absolute Gasteiger partial charge is 0.396 e. The summed E-state index contributed by atoms with van der Waals surface area (Å²) in [5.41, 5.74) is 2.14. The molecule has 1 N–H and O–H groups in total. The van der Waals surface area contributed by atoms with Gasteiger partial charge >= 0.3 is 0 Å². The van der Waals surface area contributed by atoms with E-state index in [0.717, 1.165) is 11.1 Å². The summed E-state index contributed by atoms with van der Waals surface area (Å²) in [6.07, 6.45) is -0.389. The minimum absolute atomic E-state index is 0.00913. The highest BCUT2D eigenvalue weighted by Gasteiger charge is 2.44. The number of hydrogen-bond acceptors (Lipinski definition) is 3. The Bertz CT molecular complexity index is 543. The molecule has 2 aromatic carbocycles. The van der Waals surface area contributed by atoms with Gasteiger partial charge in [-0.2, -0.15) is 0 Å². The van der Waals surface area contributed by atoms with Gasteiger partial charge in [0.05, 0.1) is 18.8 Å². The molecule has 116 valence electrons. The van der Waals surface area contributed by atoms with Crippen LogP contribution in [0, 0.1) is 5.92 Å². The van der Waals surface area contributed by atoms with Crippen LogP contribution in [0.3, 0.4) is 0 Å². The molecule has 3 heteroatoms. The zero-order chi connectivity index (χ0) is 15.6. The maximum absolute atomic E-state index is 9.96. The van der Waals surface area contributed by atoms with E-state index in [0.29, 0.717) is 0 Å². The Morgan fingerprint density at radius 3 is 1.59 bits per heavy atom. The van der Waals surface area contributed by atoms with E-state index in [1.165, 1.54) is 0 Å². The lowest BCUT2D eigenvalue weighted by Gasteiger charge is -2.46. The van der Waals surface area contributed by atoms with Crippen molar-refractivity contribution >= 4 is 0 Å². The predicted octanol–water partition coefficient (Wildman–Crippen LogP) is 3.86. The van der Waals surface area contributed by atoms with E-state index in [1.54, 1.807) is 0 Å². The van der Waals surface area contributed by atoms with E-state index in [-0.39, 0.29) is 24.7 Å². The molecule has 0 spiro atoms. The molecule has 1 saturated heterocycles. The van der Waals surface area contributed by atoms with Crippen LogP contribution in [0.5, 0.6) is 0 Å². The Kier molecular flexibility index (Phi) is 4.30. The summed E-state index contributed by atoms with van der Waals surface area (Å²) >= 11 is 0. The molecule has 0 unspecified atom stereocenters. The predicted molar refractivity (Wildman–Crippen MR) is 85.2 cm³/mol. The molecular weight excluding hydrogens is 276 g/mol. The van der Waals surface area contributed by atoms with E-state index in [2.05, 4.69) is 0 Å². The molecule has 0 aromatic heterocycles. The number of benzene rings is 2. The molecule has 3 rings (SSSR count). The Balaban J connectivity index is 1.99. The molecule has 1 aliphatic heterocycles. The van der Waals surface area contributed by atoms with Gasteiger partial charge in [0.25, 0.3) is 0 Å². The summed E-state index contributed by atoms with van der Waals surface area (Å²) in [7, 11) is 0. The zero-order valence-corrected chi connectivity index (χ0v) is 13.0. The van der Waals surface area contributed by atoms with Crippen LogP contribution < -0.4 is 0 Å². The summed E-state index contributed by atoms with van der Waals surface area (Å²) < 4.78 is 12.3. The van der Waals surface area contributed by atoms with Gasteiger partial charge in [-0.25, -0.2) is 0 Å². The van der Waals surface area contributed by atoms with E-state index in [1.807, 2.05) is 74.5 Å². The van der Waals surface area contributed by atoms with Crippen LogP contribution in [-0.2, 0) is 9.47 Å². The molecule has 1 aliphatic rings. The normalized spacial score (nSPS) is 27.5. The Hall–Kier alpha value is -1.68. The van der Waals surface area contributed by atoms with Gasteiger partial charge in [-0.15, -0.1) is 0 Å². The molecule has 0 amide bonds. The van der Waals surface area contributed by atoms with Crippen LogP contribution in [0.15, 0.2) is 60.7 Å². The van der Waals surface area contributed by atoms with E-state index in [4.69, 9.17) is 9.47 Å². The second-order valence-corrected chi connectivity index (χ2v) is 6.14. The zero-order valence-electron chi connectivity index (χ0n) is 13.0. The maximum Gasteiger partial charge on any atom is 0.164 e. The first-order valence-corrected chi connectivity index (χ1v) is 7.67. The molecular formula is C19H22O3. The van der Waals surface area contributed by atoms with Gasteiger partial charge in [0.2, 0.25) is 0 Å². The SMILES string of the molecule is CC1(C)O[C@H](c2ccccc2)C(CO)[C@@H](c2ccccc2)O1. The van der Waals surface area contributed by atoms with Gasteiger partial charge in [-0.05, 0) is 25.0 Å². The molecule has 0 aliphatic carbocycles. The average molecular weight is 298 g/mol. The fourth-order valence-corrected chi connectivity index (χ4v) is 3.08. The van der Waals surface area contributed by atoms with Gasteiger partial charge in [-0.3, -0.25) is 0 Å². The summed E-state index contributed by atoms with van der Waals surface area (Å²) in [5.74, 6) is -0.843. The van der Waals surface area contributed by atoms with Crippen molar-refractivity contribution in [2.45, 2.75) is 31.8 Å². The highest BCUT2D eigenvalue weighted by Crippen LogP contribution is 2.46. The minimum Gasteiger partial charge on any atom is -0.396 e. The number of aliphatic hydroxyl groups excluding tert-OH is 1. The molecule has 2 atom stereocenters. The summed E-state index contributed by atoms with van der Waals surface area (Å²) in [6.45, 7) is 3.86. The van der Waals surface area contributed by atoms with Crippen molar-refractivity contribution in [3.8, 4) is 0 Å². The van der Waals surface area contributed by atoms with Gasteiger partial charge in [0, 0.05) is 5.92 Å². The van der Waals surface area contributed by atoms with Gasteiger partial charge in [-0.1, -0.05) is 60.7 Å². The number of ether oxygens (including phenoxy) is 2. The minimum atomic E-state index is -0.702. The van der Waals surface area contributed by atoms with Gasteiger partial charge in [0.15, 0.2) is 5.79 Å². The fraction of sp³-hybridized carbons (Fsp3) is 0.368. The smallest absolute Gasteiger partial charge is 0.164 e. The van der Waals surface area contributed by atoms with E-state index >= 15 is 0 Å². The average Bonchev–Trinajstić information content (AvgIpc) is 2.55. The van der Waals surface area contributed by atoms with Crippen LogP contribution >= 0.6 is 0 Å². The van der Waals surface area contributed by atoms with E-state index in [9.17, 15) is 5.11 Å². The van der Waals surface area contributed by atoms with Crippen molar-refractivity contribution < 1.29 is 14.6 Å².